The van der Waals surface area contributed by atoms with E-state index in [0.29, 0.717) is 11.0 Å². The van der Waals surface area contributed by atoms with Gasteiger partial charge < -0.3 is 4.57 Å². The molecule has 0 amide bonds. The first kappa shape index (κ1) is 4.84. The van der Waals surface area contributed by atoms with Crippen LogP contribution in [-0.4, -0.2) is 4.57 Å². The fraction of sp³-hybridized carbons (Fsp3) is 0.143. The van der Waals surface area contributed by atoms with Gasteiger partial charge in [-0.1, -0.05) is 36.4 Å². The first-order valence-electron chi connectivity index (χ1n) is 7.33. The van der Waals surface area contributed by atoms with E-state index in [1.54, 1.807) is 24.3 Å². The van der Waals surface area contributed by atoms with Gasteiger partial charge in [0.05, 0.1) is 0 Å². The predicted octanol–water partition coefficient (Wildman–Crippen LogP) is 3.81. The second kappa shape index (κ2) is 3.13. The molecule has 0 unspecified atom stereocenters. The molecule has 0 spiro atoms. The second-order valence-corrected chi connectivity index (χ2v) is 3.48. The van der Waals surface area contributed by atoms with Crippen molar-refractivity contribution < 1.29 is 6.85 Å². The molecular weight excluding hydrogens is 182 g/mol. The van der Waals surface area contributed by atoms with Crippen molar-refractivity contribution in [1.29, 1.82) is 0 Å². The van der Waals surface area contributed by atoms with E-state index in [1.165, 1.54) is 4.57 Å². The summed E-state index contributed by atoms with van der Waals surface area (Å²) in [5.41, 5.74) is 1.18. The normalized spacial score (nSPS) is 18.0. The van der Waals surface area contributed by atoms with E-state index in [9.17, 15) is 0 Å². The Labute approximate surface area is 96.0 Å². The minimum absolute atomic E-state index is 0.592. The summed E-state index contributed by atoms with van der Waals surface area (Å²) in [5, 5.41) is 1.72. The molecule has 0 saturated carbocycles. The van der Waals surface area contributed by atoms with Crippen LogP contribution in [0.4, 0.5) is 0 Å². The summed E-state index contributed by atoms with van der Waals surface area (Å²) in [7, 11) is 0. The van der Waals surface area contributed by atoms with Crippen LogP contribution in [0.2, 0.25) is 0 Å². The fourth-order valence-electron chi connectivity index (χ4n) is 2.04. The van der Waals surface area contributed by atoms with Gasteiger partial charge in [0.1, 0.15) is 0 Å². The third kappa shape index (κ3) is 1.09. The molecule has 1 nitrogen and oxygen atoms in total. The monoisotopic (exact) mass is 200 g/mol. The molecule has 1 aromatic heterocycles. The Morgan fingerprint density at radius 2 is 1.53 bits per heavy atom. The van der Waals surface area contributed by atoms with E-state index >= 15 is 0 Å². The summed E-state index contributed by atoms with van der Waals surface area (Å²) < 4.78 is 39.9. The molecule has 0 fully saturated rings. The first-order valence-corrected chi connectivity index (χ1v) is 4.83. The van der Waals surface area contributed by atoms with Crippen LogP contribution in [0.5, 0.6) is 0 Å². The number of aryl methyl sites for hydroxylation is 1. The average molecular weight is 200 g/mol. The summed E-state index contributed by atoms with van der Waals surface area (Å²) in [4.78, 5) is 0. The number of hydrogen-bond acceptors (Lipinski definition) is 0. The van der Waals surface area contributed by atoms with Crippen LogP contribution in [0.15, 0.2) is 48.5 Å². The van der Waals surface area contributed by atoms with Crippen LogP contribution >= 0.6 is 0 Å². The summed E-state index contributed by atoms with van der Waals surface area (Å²) in [6, 6.07) is 14.6. The lowest BCUT2D eigenvalue weighted by Gasteiger charge is -2.01. The maximum Gasteiger partial charge on any atom is 0.0494 e. The Morgan fingerprint density at radius 1 is 1.00 bits per heavy atom. The highest BCUT2D eigenvalue weighted by atomic mass is 15.0. The molecule has 0 aliphatic rings. The zero-order valence-corrected chi connectivity index (χ0v) is 8.07. The molecular formula is C14H13N. The Bertz CT molecular complexity index is 732. The number of hydrogen-bond donors (Lipinski definition) is 0. The van der Waals surface area contributed by atoms with Crippen LogP contribution in [0, 0.1) is 0 Å². The summed E-state index contributed by atoms with van der Waals surface area (Å²) >= 11 is 0. The topological polar surface area (TPSA) is 4.93 Å². The highest BCUT2D eigenvalue weighted by Crippen LogP contribution is 2.28. The quantitative estimate of drug-likeness (QED) is 0.563. The van der Waals surface area contributed by atoms with Gasteiger partial charge in [-0.3, -0.25) is 0 Å². The Morgan fingerprint density at radius 3 is 2.07 bits per heavy atom. The van der Waals surface area contributed by atoms with Crippen molar-refractivity contribution >= 4 is 21.8 Å². The van der Waals surface area contributed by atoms with Gasteiger partial charge in [0, 0.05) is 35.2 Å². The number of rotatable bonds is 1. The third-order valence-electron chi connectivity index (χ3n) is 2.69. The molecule has 0 N–H and O–H groups in total. The van der Waals surface area contributed by atoms with Crippen molar-refractivity contribution in [2.24, 2.45) is 0 Å². The molecule has 0 saturated heterocycles. The SMILES string of the molecule is [2H]C([2H])([2H])C([2H])([2H])n1c2ccccc2c2ccccc21. The summed E-state index contributed by atoms with van der Waals surface area (Å²) in [6.45, 7) is -5.20. The predicted molar refractivity (Wildman–Crippen MR) is 65.1 cm³/mol. The zero-order valence-electron chi connectivity index (χ0n) is 13.1. The van der Waals surface area contributed by atoms with Crippen molar-refractivity contribution in [3.8, 4) is 0 Å². The van der Waals surface area contributed by atoms with Gasteiger partial charge in [-0.2, -0.15) is 0 Å². The molecule has 2 aromatic carbocycles. The Balaban J connectivity index is 2.50. The molecule has 74 valence electrons. The lowest BCUT2D eigenvalue weighted by Crippen LogP contribution is -1.91. The van der Waals surface area contributed by atoms with Gasteiger partial charge in [0.2, 0.25) is 0 Å². The van der Waals surface area contributed by atoms with Crippen molar-refractivity contribution in [1.82, 2.24) is 4.57 Å². The van der Waals surface area contributed by atoms with Gasteiger partial charge in [-0.25, -0.2) is 0 Å². The van der Waals surface area contributed by atoms with Crippen LogP contribution < -0.4 is 0 Å². The number of aromatic nitrogens is 1. The van der Waals surface area contributed by atoms with Gasteiger partial charge >= 0.3 is 0 Å². The van der Waals surface area contributed by atoms with Crippen LogP contribution in [0.3, 0.4) is 0 Å². The zero-order chi connectivity index (χ0) is 14.5. The van der Waals surface area contributed by atoms with Crippen LogP contribution in [0.1, 0.15) is 13.7 Å². The van der Waals surface area contributed by atoms with Gasteiger partial charge in [-0.15, -0.1) is 0 Å². The molecule has 0 aliphatic carbocycles. The van der Waals surface area contributed by atoms with Gasteiger partial charge in [0.15, 0.2) is 0 Å². The molecule has 3 aromatic rings. The smallest absolute Gasteiger partial charge is 0.0494 e. The van der Waals surface area contributed by atoms with Crippen LogP contribution in [0.25, 0.3) is 21.8 Å². The molecule has 15 heavy (non-hydrogen) atoms. The highest BCUT2D eigenvalue weighted by Gasteiger charge is 2.06. The average Bonchev–Trinajstić information content (AvgIpc) is 2.72. The summed E-state index contributed by atoms with van der Waals surface area (Å²) in [6.07, 6.45) is 0. The largest absolute Gasteiger partial charge is 0.341 e. The minimum Gasteiger partial charge on any atom is -0.341 e. The Hall–Kier alpha value is -1.76. The number of para-hydroxylation sites is 2. The van der Waals surface area contributed by atoms with E-state index < -0.39 is 13.3 Å². The lowest BCUT2D eigenvalue weighted by molar-refractivity contribution is 0.827. The van der Waals surface area contributed by atoms with Crippen molar-refractivity contribution in [3.63, 3.8) is 0 Å². The molecule has 1 heterocycles. The molecule has 1 heteroatoms. The number of fused-ring (bicyclic) bond motifs is 3. The van der Waals surface area contributed by atoms with Crippen molar-refractivity contribution in [2.75, 3.05) is 0 Å². The van der Waals surface area contributed by atoms with Gasteiger partial charge in [0.25, 0.3) is 0 Å². The van der Waals surface area contributed by atoms with E-state index in [1.807, 2.05) is 24.3 Å². The van der Waals surface area contributed by atoms with Crippen molar-refractivity contribution in [3.05, 3.63) is 48.5 Å². The maximum absolute atomic E-state index is 8.07. The van der Waals surface area contributed by atoms with E-state index in [4.69, 9.17) is 6.85 Å². The number of benzene rings is 2. The number of nitrogens with zero attached hydrogens (tertiary/aromatic N) is 1. The van der Waals surface area contributed by atoms with Crippen molar-refractivity contribution in [2.45, 2.75) is 13.3 Å². The Kier molecular flexibility index (Phi) is 1.01. The highest BCUT2D eigenvalue weighted by molar-refractivity contribution is 6.07. The van der Waals surface area contributed by atoms with E-state index in [2.05, 4.69) is 0 Å². The second-order valence-electron chi connectivity index (χ2n) is 3.48. The van der Waals surface area contributed by atoms with E-state index in [-0.39, 0.29) is 0 Å². The minimum atomic E-state index is -2.74. The first-order chi connectivity index (χ1) is 9.34. The lowest BCUT2D eigenvalue weighted by atomic mass is 10.2. The van der Waals surface area contributed by atoms with Crippen LogP contribution in [-0.2, 0) is 6.50 Å². The summed E-state index contributed by atoms with van der Waals surface area (Å²) in [5.74, 6) is 0. The molecule has 0 bridgehead atoms. The standard InChI is InChI=1S/C14H13N/c1-2-15-13-9-5-3-7-11(13)12-8-4-6-10-14(12)15/h3-10H,2H2,1H3/i1D3,2D2. The molecule has 3 rings (SSSR count). The van der Waals surface area contributed by atoms with E-state index in [0.717, 1.165) is 10.8 Å². The molecule has 0 atom stereocenters. The van der Waals surface area contributed by atoms with Gasteiger partial charge in [-0.05, 0) is 19.0 Å². The molecule has 0 radical (unpaired) electrons. The maximum atomic E-state index is 8.07. The third-order valence-corrected chi connectivity index (χ3v) is 2.69. The molecule has 0 aliphatic heterocycles. The fourth-order valence-corrected chi connectivity index (χ4v) is 2.04.